The van der Waals surface area contributed by atoms with Crippen LogP contribution in [-0.4, -0.2) is 16.9 Å². The van der Waals surface area contributed by atoms with Crippen molar-refractivity contribution in [2.75, 3.05) is 5.32 Å². The summed E-state index contributed by atoms with van der Waals surface area (Å²) < 4.78 is 0. The number of carbonyl (C=O) groups is 1. The molecule has 1 amide bonds. The SMILES string of the molecule is CCc1nc(NC(=O)[C@H](N)CC(C)C)sc1C. The number of nitrogens with zero attached hydrogens (tertiary/aromatic N) is 1. The van der Waals surface area contributed by atoms with Gasteiger partial charge >= 0.3 is 0 Å². The second-order valence-corrected chi connectivity index (χ2v) is 5.80. The average Bonchev–Trinajstić information content (AvgIpc) is 2.57. The van der Waals surface area contributed by atoms with E-state index in [-0.39, 0.29) is 5.91 Å². The van der Waals surface area contributed by atoms with Gasteiger partial charge < -0.3 is 11.1 Å². The van der Waals surface area contributed by atoms with Crippen LogP contribution in [-0.2, 0) is 11.2 Å². The Bertz CT molecular complexity index is 387. The molecule has 0 aliphatic heterocycles. The van der Waals surface area contributed by atoms with Gasteiger partial charge in [0.05, 0.1) is 11.7 Å². The van der Waals surface area contributed by atoms with Crippen molar-refractivity contribution in [1.29, 1.82) is 0 Å². The molecule has 17 heavy (non-hydrogen) atoms. The normalized spacial score (nSPS) is 12.8. The van der Waals surface area contributed by atoms with Gasteiger partial charge in [0.25, 0.3) is 0 Å². The molecule has 1 aromatic rings. The predicted octanol–water partition coefficient (Wildman–Crippen LogP) is 2.33. The van der Waals surface area contributed by atoms with Crippen molar-refractivity contribution in [3.8, 4) is 0 Å². The highest BCUT2D eigenvalue weighted by Gasteiger charge is 2.17. The molecule has 0 aliphatic carbocycles. The third-order valence-corrected chi connectivity index (χ3v) is 3.45. The maximum absolute atomic E-state index is 11.8. The van der Waals surface area contributed by atoms with E-state index in [1.807, 2.05) is 6.92 Å². The van der Waals surface area contributed by atoms with Gasteiger partial charge in [-0.1, -0.05) is 20.8 Å². The number of thiazole rings is 1. The smallest absolute Gasteiger partial charge is 0.243 e. The van der Waals surface area contributed by atoms with E-state index < -0.39 is 6.04 Å². The Balaban J connectivity index is 2.61. The Morgan fingerprint density at radius 3 is 2.65 bits per heavy atom. The number of aryl methyl sites for hydroxylation is 2. The highest BCUT2D eigenvalue weighted by molar-refractivity contribution is 7.15. The Kier molecular flexibility index (Phi) is 5.08. The van der Waals surface area contributed by atoms with Crippen molar-refractivity contribution in [3.63, 3.8) is 0 Å². The molecule has 5 heteroatoms. The molecule has 0 unspecified atom stereocenters. The molecule has 1 aromatic heterocycles. The predicted molar refractivity (Wildman–Crippen MR) is 72.3 cm³/mol. The zero-order chi connectivity index (χ0) is 13.0. The molecule has 4 nitrogen and oxygen atoms in total. The van der Waals surface area contributed by atoms with Crippen molar-refractivity contribution in [3.05, 3.63) is 10.6 Å². The van der Waals surface area contributed by atoms with Crippen molar-refractivity contribution < 1.29 is 4.79 Å². The summed E-state index contributed by atoms with van der Waals surface area (Å²) in [5.74, 6) is 0.273. The second-order valence-electron chi connectivity index (χ2n) is 4.60. The van der Waals surface area contributed by atoms with Crippen molar-refractivity contribution in [1.82, 2.24) is 4.98 Å². The number of hydrogen-bond donors (Lipinski definition) is 2. The molecule has 0 radical (unpaired) electrons. The lowest BCUT2D eigenvalue weighted by Gasteiger charge is -2.12. The van der Waals surface area contributed by atoms with E-state index in [1.54, 1.807) is 0 Å². The molecule has 0 saturated carbocycles. The summed E-state index contributed by atoms with van der Waals surface area (Å²) in [7, 11) is 0. The van der Waals surface area contributed by atoms with Crippen LogP contribution in [0, 0.1) is 12.8 Å². The van der Waals surface area contributed by atoms with Gasteiger partial charge in [-0.3, -0.25) is 4.79 Å². The van der Waals surface area contributed by atoms with Crippen LogP contribution in [0.2, 0.25) is 0 Å². The summed E-state index contributed by atoms with van der Waals surface area (Å²) in [6, 6.07) is -0.454. The molecule has 0 aromatic carbocycles. The molecule has 0 aliphatic rings. The molecule has 3 N–H and O–H groups in total. The number of nitrogens with two attached hydrogens (primary N) is 1. The molecular weight excluding hydrogens is 234 g/mol. The van der Waals surface area contributed by atoms with Crippen molar-refractivity contribution in [2.45, 2.75) is 46.6 Å². The summed E-state index contributed by atoms with van der Waals surface area (Å²) in [5, 5.41) is 3.44. The summed E-state index contributed by atoms with van der Waals surface area (Å²) in [4.78, 5) is 17.3. The first kappa shape index (κ1) is 14.1. The molecule has 0 bridgehead atoms. The zero-order valence-corrected chi connectivity index (χ0v) is 11.7. The number of nitrogens with one attached hydrogen (secondary N) is 1. The van der Waals surface area contributed by atoms with Gasteiger partial charge in [-0.25, -0.2) is 4.98 Å². The minimum absolute atomic E-state index is 0.143. The molecule has 1 heterocycles. The summed E-state index contributed by atoms with van der Waals surface area (Å²) in [6.45, 7) is 8.17. The van der Waals surface area contributed by atoms with Crippen LogP contribution in [0.1, 0.15) is 37.8 Å². The minimum atomic E-state index is -0.454. The first-order valence-corrected chi connectivity index (χ1v) is 6.78. The molecular formula is C12H21N3OS. The van der Waals surface area contributed by atoms with Crippen LogP contribution in [0.4, 0.5) is 5.13 Å². The molecule has 0 saturated heterocycles. The van der Waals surface area contributed by atoms with E-state index in [1.165, 1.54) is 11.3 Å². The van der Waals surface area contributed by atoms with E-state index in [2.05, 4.69) is 31.1 Å². The van der Waals surface area contributed by atoms with Crippen LogP contribution in [0.5, 0.6) is 0 Å². The van der Waals surface area contributed by atoms with Gasteiger partial charge in [0.15, 0.2) is 5.13 Å². The maximum atomic E-state index is 11.8. The fourth-order valence-corrected chi connectivity index (χ4v) is 2.53. The van der Waals surface area contributed by atoms with E-state index in [0.717, 1.165) is 17.0 Å². The molecule has 1 atom stereocenters. The lowest BCUT2D eigenvalue weighted by Crippen LogP contribution is -2.36. The molecule has 96 valence electrons. The van der Waals surface area contributed by atoms with Crippen LogP contribution < -0.4 is 11.1 Å². The van der Waals surface area contributed by atoms with Crippen molar-refractivity contribution >= 4 is 22.4 Å². The standard InChI is InChI=1S/C12H21N3OS/c1-5-10-8(4)17-12(14-10)15-11(16)9(13)6-7(2)3/h7,9H,5-6,13H2,1-4H3,(H,14,15,16)/t9-/m1/s1. The highest BCUT2D eigenvalue weighted by atomic mass is 32.1. The Morgan fingerprint density at radius 2 is 2.18 bits per heavy atom. The lowest BCUT2D eigenvalue weighted by molar-refractivity contribution is -0.117. The summed E-state index contributed by atoms with van der Waals surface area (Å²) in [5.41, 5.74) is 6.85. The van der Waals surface area contributed by atoms with Crippen LogP contribution in [0.3, 0.4) is 0 Å². The third-order valence-electron chi connectivity index (χ3n) is 2.52. The zero-order valence-electron chi connectivity index (χ0n) is 10.9. The first-order valence-electron chi connectivity index (χ1n) is 5.96. The molecule has 0 spiro atoms. The number of carbonyl (C=O) groups excluding carboxylic acids is 1. The van der Waals surface area contributed by atoms with Crippen LogP contribution >= 0.6 is 11.3 Å². The Morgan fingerprint density at radius 1 is 1.53 bits per heavy atom. The van der Waals surface area contributed by atoms with E-state index >= 15 is 0 Å². The highest BCUT2D eigenvalue weighted by Crippen LogP contribution is 2.22. The van der Waals surface area contributed by atoms with E-state index in [0.29, 0.717) is 17.5 Å². The maximum Gasteiger partial charge on any atom is 0.243 e. The minimum Gasteiger partial charge on any atom is -0.320 e. The average molecular weight is 255 g/mol. The largest absolute Gasteiger partial charge is 0.320 e. The fourth-order valence-electron chi connectivity index (χ4n) is 1.62. The van der Waals surface area contributed by atoms with Crippen molar-refractivity contribution in [2.24, 2.45) is 11.7 Å². The monoisotopic (exact) mass is 255 g/mol. The van der Waals surface area contributed by atoms with Crippen LogP contribution in [0.15, 0.2) is 0 Å². The molecule has 0 fully saturated rings. The van der Waals surface area contributed by atoms with E-state index in [4.69, 9.17) is 5.73 Å². The van der Waals surface area contributed by atoms with Gasteiger partial charge in [0.1, 0.15) is 0 Å². The van der Waals surface area contributed by atoms with Gasteiger partial charge in [0.2, 0.25) is 5.91 Å². The fraction of sp³-hybridized carbons (Fsp3) is 0.667. The Hall–Kier alpha value is -0.940. The number of aromatic nitrogens is 1. The quantitative estimate of drug-likeness (QED) is 0.848. The first-order chi connectivity index (χ1) is 7.93. The van der Waals surface area contributed by atoms with Gasteiger partial charge in [-0.2, -0.15) is 0 Å². The van der Waals surface area contributed by atoms with Gasteiger partial charge in [-0.05, 0) is 25.7 Å². The Labute approximate surface area is 107 Å². The van der Waals surface area contributed by atoms with E-state index in [9.17, 15) is 4.79 Å². The molecule has 1 rings (SSSR count). The number of anilines is 1. The summed E-state index contributed by atoms with van der Waals surface area (Å²) in [6.07, 6.45) is 1.58. The third kappa shape index (κ3) is 4.09. The number of amides is 1. The topological polar surface area (TPSA) is 68.0 Å². The number of rotatable bonds is 5. The van der Waals surface area contributed by atoms with Gasteiger partial charge in [-0.15, -0.1) is 11.3 Å². The van der Waals surface area contributed by atoms with Crippen LogP contribution in [0.25, 0.3) is 0 Å². The number of hydrogen-bond acceptors (Lipinski definition) is 4. The lowest BCUT2D eigenvalue weighted by atomic mass is 10.0. The van der Waals surface area contributed by atoms with Gasteiger partial charge in [0, 0.05) is 4.88 Å². The summed E-state index contributed by atoms with van der Waals surface area (Å²) >= 11 is 1.50. The second kappa shape index (κ2) is 6.12.